The summed E-state index contributed by atoms with van der Waals surface area (Å²) < 4.78 is 24.7. The summed E-state index contributed by atoms with van der Waals surface area (Å²) in [5, 5.41) is 8.57. The van der Waals surface area contributed by atoms with Gasteiger partial charge in [-0.05, 0) is 31.7 Å². The fourth-order valence-electron chi connectivity index (χ4n) is 1.55. The molecule has 0 aliphatic heterocycles. The molecule has 98 valence electrons. The van der Waals surface area contributed by atoms with Crippen LogP contribution in [0, 0.1) is 11.3 Å². The van der Waals surface area contributed by atoms with Crippen LogP contribution in [-0.4, -0.2) is 25.8 Å². The van der Waals surface area contributed by atoms with Gasteiger partial charge >= 0.3 is 0 Å². The Balaban J connectivity index is 3.38. The normalized spacial score (nSPS) is 13.0. The Kier molecular flexibility index (Phi) is 5.51. The van der Waals surface area contributed by atoms with Crippen molar-refractivity contribution in [2.24, 2.45) is 0 Å². The summed E-state index contributed by atoms with van der Waals surface area (Å²) in [7, 11) is -3.50. The molecule has 0 aromatic heterocycles. The van der Waals surface area contributed by atoms with Crippen LogP contribution in [0.25, 0.3) is 0 Å². The van der Waals surface area contributed by atoms with Crippen LogP contribution >= 0.6 is 23.4 Å². The molecule has 0 fully saturated rings. The highest BCUT2D eigenvalue weighted by Gasteiger charge is 2.26. The summed E-state index contributed by atoms with van der Waals surface area (Å²) in [6.45, 7) is 1.62. The third kappa shape index (κ3) is 3.00. The average molecular weight is 304 g/mol. The van der Waals surface area contributed by atoms with Gasteiger partial charge in [-0.1, -0.05) is 6.07 Å². The van der Waals surface area contributed by atoms with E-state index in [1.54, 1.807) is 19.1 Å². The number of hydrogen-bond acceptors (Lipinski definition) is 4. The van der Waals surface area contributed by atoms with Crippen LogP contribution in [0.15, 0.2) is 28.0 Å². The SMILES string of the molecule is CSc1cccc(S(=O)(=O)C(C)CCCl)c1C#N. The van der Waals surface area contributed by atoms with E-state index in [-0.39, 0.29) is 16.3 Å². The number of halogens is 1. The molecule has 0 aliphatic carbocycles. The molecule has 0 aliphatic rings. The quantitative estimate of drug-likeness (QED) is 0.619. The Morgan fingerprint density at radius 3 is 2.67 bits per heavy atom. The van der Waals surface area contributed by atoms with Gasteiger partial charge < -0.3 is 0 Å². The summed E-state index contributed by atoms with van der Waals surface area (Å²) in [4.78, 5) is 0.783. The molecule has 1 aromatic carbocycles. The number of hydrogen-bond donors (Lipinski definition) is 0. The maximum absolute atomic E-state index is 12.4. The summed E-state index contributed by atoms with van der Waals surface area (Å²) in [6, 6.07) is 6.87. The third-order valence-electron chi connectivity index (χ3n) is 2.67. The molecule has 1 unspecified atom stereocenters. The highest BCUT2D eigenvalue weighted by molar-refractivity contribution is 7.98. The van der Waals surface area contributed by atoms with Gasteiger partial charge in [-0.15, -0.1) is 23.4 Å². The lowest BCUT2D eigenvalue weighted by Gasteiger charge is -2.14. The second-order valence-electron chi connectivity index (χ2n) is 3.78. The molecule has 0 bridgehead atoms. The molecule has 0 saturated heterocycles. The maximum Gasteiger partial charge on any atom is 0.182 e. The first-order chi connectivity index (χ1) is 8.48. The summed E-state index contributed by atoms with van der Waals surface area (Å²) >= 11 is 6.95. The minimum Gasteiger partial charge on any atom is -0.223 e. The number of nitrogens with zero attached hydrogens (tertiary/aromatic N) is 1. The molecule has 3 nitrogen and oxygen atoms in total. The fraction of sp³-hybridized carbons (Fsp3) is 0.417. The van der Waals surface area contributed by atoms with E-state index < -0.39 is 15.1 Å². The van der Waals surface area contributed by atoms with Crippen molar-refractivity contribution in [1.82, 2.24) is 0 Å². The second kappa shape index (κ2) is 6.46. The second-order valence-corrected chi connectivity index (χ2v) is 7.34. The first kappa shape index (κ1) is 15.4. The zero-order valence-corrected chi connectivity index (χ0v) is 12.6. The molecule has 0 amide bonds. The fourth-order valence-corrected chi connectivity index (χ4v) is 4.22. The first-order valence-electron chi connectivity index (χ1n) is 5.36. The van der Waals surface area contributed by atoms with Crippen molar-refractivity contribution in [3.05, 3.63) is 23.8 Å². The first-order valence-corrected chi connectivity index (χ1v) is 8.66. The van der Waals surface area contributed by atoms with E-state index in [9.17, 15) is 8.42 Å². The monoisotopic (exact) mass is 303 g/mol. The van der Waals surface area contributed by atoms with Crippen molar-refractivity contribution in [2.75, 3.05) is 12.1 Å². The van der Waals surface area contributed by atoms with E-state index in [1.807, 2.05) is 12.3 Å². The van der Waals surface area contributed by atoms with Crippen LogP contribution in [0.2, 0.25) is 0 Å². The van der Waals surface area contributed by atoms with E-state index in [0.29, 0.717) is 11.3 Å². The van der Waals surface area contributed by atoms with Gasteiger partial charge in [-0.2, -0.15) is 5.26 Å². The van der Waals surface area contributed by atoms with Crippen molar-refractivity contribution in [1.29, 1.82) is 5.26 Å². The molecular formula is C12H14ClNO2S2. The van der Waals surface area contributed by atoms with Gasteiger partial charge in [0.25, 0.3) is 0 Å². The zero-order chi connectivity index (χ0) is 13.8. The van der Waals surface area contributed by atoms with Gasteiger partial charge in [0, 0.05) is 10.8 Å². The number of benzene rings is 1. The van der Waals surface area contributed by atoms with Crippen molar-refractivity contribution in [3.63, 3.8) is 0 Å². The van der Waals surface area contributed by atoms with E-state index in [2.05, 4.69) is 0 Å². The van der Waals surface area contributed by atoms with Gasteiger partial charge in [-0.25, -0.2) is 8.42 Å². The molecule has 0 radical (unpaired) electrons. The predicted octanol–water partition coefficient (Wildman–Crippen LogP) is 3.07. The van der Waals surface area contributed by atoms with Gasteiger partial charge in [0.1, 0.15) is 6.07 Å². The standard InChI is InChI=1S/C12H14ClNO2S2/c1-9(6-7-13)18(15,16)12-5-3-4-11(17-2)10(12)8-14/h3-5,9H,6-7H2,1-2H3. The number of alkyl halides is 1. The molecule has 0 heterocycles. The Morgan fingerprint density at radius 2 is 2.17 bits per heavy atom. The minimum absolute atomic E-state index is 0.106. The van der Waals surface area contributed by atoms with E-state index >= 15 is 0 Å². The highest BCUT2D eigenvalue weighted by atomic mass is 35.5. The van der Waals surface area contributed by atoms with Gasteiger partial charge in [0.15, 0.2) is 9.84 Å². The lowest BCUT2D eigenvalue weighted by Crippen LogP contribution is -2.19. The molecular weight excluding hydrogens is 290 g/mol. The Morgan fingerprint density at radius 1 is 1.50 bits per heavy atom. The van der Waals surface area contributed by atoms with Crippen LogP contribution in [0.3, 0.4) is 0 Å². The number of thioether (sulfide) groups is 1. The lowest BCUT2D eigenvalue weighted by molar-refractivity contribution is 0.581. The van der Waals surface area contributed by atoms with Crippen LogP contribution in [0.4, 0.5) is 0 Å². The smallest absolute Gasteiger partial charge is 0.182 e. The van der Waals surface area contributed by atoms with Crippen molar-refractivity contribution < 1.29 is 8.42 Å². The molecule has 0 spiro atoms. The largest absolute Gasteiger partial charge is 0.223 e. The molecule has 0 N–H and O–H groups in total. The summed E-state index contributed by atoms with van der Waals surface area (Å²) in [6.07, 6.45) is 2.19. The number of nitriles is 1. The number of rotatable bonds is 5. The Labute approximate surface area is 117 Å². The maximum atomic E-state index is 12.4. The predicted molar refractivity (Wildman–Crippen MR) is 74.9 cm³/mol. The molecule has 6 heteroatoms. The van der Waals surface area contributed by atoms with Crippen LogP contribution in [-0.2, 0) is 9.84 Å². The topological polar surface area (TPSA) is 57.9 Å². The molecule has 0 saturated carbocycles. The van der Waals surface area contributed by atoms with Gasteiger partial charge in [0.05, 0.1) is 15.7 Å². The van der Waals surface area contributed by atoms with Crippen LogP contribution < -0.4 is 0 Å². The van der Waals surface area contributed by atoms with Crippen molar-refractivity contribution in [3.8, 4) is 6.07 Å². The van der Waals surface area contributed by atoms with E-state index in [0.717, 1.165) is 0 Å². The number of sulfone groups is 1. The van der Waals surface area contributed by atoms with Gasteiger partial charge in [0.2, 0.25) is 0 Å². The van der Waals surface area contributed by atoms with E-state index in [1.165, 1.54) is 17.8 Å². The van der Waals surface area contributed by atoms with E-state index in [4.69, 9.17) is 16.9 Å². The van der Waals surface area contributed by atoms with Crippen LogP contribution in [0.1, 0.15) is 18.9 Å². The minimum atomic E-state index is -3.50. The molecule has 1 atom stereocenters. The Hall–Kier alpha value is -0.700. The highest BCUT2D eigenvalue weighted by Crippen LogP contribution is 2.28. The summed E-state index contributed by atoms with van der Waals surface area (Å²) in [5.41, 5.74) is 0.228. The zero-order valence-electron chi connectivity index (χ0n) is 10.2. The van der Waals surface area contributed by atoms with Crippen molar-refractivity contribution in [2.45, 2.75) is 28.4 Å². The average Bonchev–Trinajstić information content (AvgIpc) is 2.37. The van der Waals surface area contributed by atoms with Gasteiger partial charge in [-0.3, -0.25) is 0 Å². The lowest BCUT2D eigenvalue weighted by atomic mass is 10.2. The van der Waals surface area contributed by atoms with Crippen molar-refractivity contribution >= 4 is 33.2 Å². The molecule has 1 rings (SSSR count). The molecule has 1 aromatic rings. The Bertz CT molecular complexity index is 564. The molecule has 18 heavy (non-hydrogen) atoms. The van der Waals surface area contributed by atoms with Crippen LogP contribution in [0.5, 0.6) is 0 Å². The summed E-state index contributed by atoms with van der Waals surface area (Å²) in [5.74, 6) is 0.282. The third-order valence-corrected chi connectivity index (χ3v) is 5.92.